The van der Waals surface area contributed by atoms with Crippen molar-refractivity contribution in [1.29, 1.82) is 0 Å². The number of benzene rings is 2. The minimum Gasteiger partial charge on any atom is -0.481 e. The number of amides is 1. The molecule has 3 heteroatoms. The molecule has 0 aliphatic carbocycles. The number of hydrogen-bond donors (Lipinski definition) is 0. The molecule has 0 fully saturated rings. The van der Waals surface area contributed by atoms with Crippen molar-refractivity contribution in [3.05, 3.63) is 60.2 Å². The van der Waals surface area contributed by atoms with E-state index in [4.69, 9.17) is 4.74 Å². The molecule has 3 nitrogen and oxygen atoms in total. The lowest BCUT2D eigenvalue weighted by Gasteiger charge is -2.23. The average molecular weight is 311 g/mol. The van der Waals surface area contributed by atoms with E-state index in [0.29, 0.717) is 5.75 Å². The number of carbonyl (C=O) groups excluding carboxylic acids is 1. The highest BCUT2D eigenvalue weighted by molar-refractivity contribution is 5.95. The van der Waals surface area contributed by atoms with Gasteiger partial charge in [-0.3, -0.25) is 4.79 Å². The van der Waals surface area contributed by atoms with E-state index in [1.807, 2.05) is 54.6 Å². The largest absolute Gasteiger partial charge is 0.481 e. The van der Waals surface area contributed by atoms with Crippen LogP contribution in [-0.4, -0.2) is 19.1 Å². The van der Waals surface area contributed by atoms with Crippen LogP contribution in [-0.2, 0) is 10.2 Å². The second kappa shape index (κ2) is 6.86. The fourth-order valence-electron chi connectivity index (χ4n) is 2.34. The number of ether oxygens (including phenoxy) is 1. The third kappa shape index (κ3) is 4.35. The van der Waals surface area contributed by atoms with Crippen LogP contribution >= 0.6 is 0 Å². The molecule has 1 amide bonds. The van der Waals surface area contributed by atoms with Gasteiger partial charge in [0.1, 0.15) is 5.75 Å². The van der Waals surface area contributed by atoms with E-state index >= 15 is 0 Å². The SMILES string of the molecule is C[C@H](Oc1ccc(C(C)(C)C)cc1)C(=O)N(C)c1ccccc1. The highest BCUT2D eigenvalue weighted by Gasteiger charge is 2.20. The Bertz CT molecular complexity index is 642. The third-order valence-corrected chi connectivity index (χ3v) is 3.86. The molecule has 0 saturated carbocycles. The van der Waals surface area contributed by atoms with Gasteiger partial charge in [0, 0.05) is 12.7 Å². The van der Waals surface area contributed by atoms with Crippen LogP contribution in [0.1, 0.15) is 33.3 Å². The van der Waals surface area contributed by atoms with Crippen LogP contribution in [0, 0.1) is 0 Å². The molecule has 0 heterocycles. The second-order valence-electron chi connectivity index (χ2n) is 6.77. The van der Waals surface area contributed by atoms with Gasteiger partial charge < -0.3 is 9.64 Å². The van der Waals surface area contributed by atoms with Crippen LogP contribution in [0.3, 0.4) is 0 Å². The number of nitrogens with zero attached hydrogens (tertiary/aromatic N) is 1. The number of hydrogen-bond acceptors (Lipinski definition) is 2. The Morgan fingerprint density at radius 3 is 2.09 bits per heavy atom. The number of carbonyl (C=O) groups is 1. The van der Waals surface area contributed by atoms with Crippen LogP contribution in [0.15, 0.2) is 54.6 Å². The summed E-state index contributed by atoms with van der Waals surface area (Å²) in [6.45, 7) is 8.29. The zero-order chi connectivity index (χ0) is 17.0. The molecule has 0 radical (unpaired) electrons. The van der Waals surface area contributed by atoms with Gasteiger partial charge in [0.2, 0.25) is 0 Å². The van der Waals surface area contributed by atoms with Crippen LogP contribution in [0.25, 0.3) is 0 Å². The number of para-hydroxylation sites is 1. The molecular weight excluding hydrogens is 286 g/mol. The van der Waals surface area contributed by atoms with Crippen molar-refractivity contribution < 1.29 is 9.53 Å². The Morgan fingerprint density at radius 1 is 1.00 bits per heavy atom. The summed E-state index contributed by atoms with van der Waals surface area (Å²) in [5.74, 6) is 0.636. The fourth-order valence-corrected chi connectivity index (χ4v) is 2.34. The Hall–Kier alpha value is -2.29. The summed E-state index contributed by atoms with van der Waals surface area (Å²) in [7, 11) is 1.76. The van der Waals surface area contributed by atoms with Gasteiger partial charge in [0.25, 0.3) is 5.91 Å². The molecule has 2 aromatic carbocycles. The van der Waals surface area contributed by atoms with Crippen molar-refractivity contribution in [1.82, 2.24) is 0 Å². The Morgan fingerprint density at radius 2 is 1.57 bits per heavy atom. The molecule has 1 atom stereocenters. The summed E-state index contributed by atoms with van der Waals surface area (Å²) >= 11 is 0. The van der Waals surface area contributed by atoms with E-state index in [2.05, 4.69) is 20.8 Å². The Balaban J connectivity index is 2.04. The van der Waals surface area contributed by atoms with E-state index in [-0.39, 0.29) is 11.3 Å². The average Bonchev–Trinajstić information content (AvgIpc) is 2.54. The van der Waals surface area contributed by atoms with Crippen molar-refractivity contribution in [2.75, 3.05) is 11.9 Å². The predicted molar refractivity (Wildman–Crippen MR) is 95.1 cm³/mol. The molecule has 2 rings (SSSR count). The summed E-state index contributed by atoms with van der Waals surface area (Å²) in [5.41, 5.74) is 2.20. The van der Waals surface area contributed by atoms with Gasteiger partial charge in [-0.2, -0.15) is 0 Å². The Kier molecular flexibility index (Phi) is 5.09. The Labute approximate surface area is 138 Å². The number of rotatable bonds is 4. The van der Waals surface area contributed by atoms with Gasteiger partial charge in [0.15, 0.2) is 6.10 Å². The third-order valence-electron chi connectivity index (χ3n) is 3.86. The van der Waals surface area contributed by atoms with Crippen LogP contribution in [0.2, 0.25) is 0 Å². The van der Waals surface area contributed by atoms with Gasteiger partial charge >= 0.3 is 0 Å². The first-order valence-electron chi connectivity index (χ1n) is 7.89. The highest BCUT2D eigenvalue weighted by Crippen LogP contribution is 2.25. The van der Waals surface area contributed by atoms with Crippen LogP contribution < -0.4 is 9.64 Å². The first-order valence-corrected chi connectivity index (χ1v) is 7.89. The molecule has 2 aromatic rings. The lowest BCUT2D eigenvalue weighted by Crippen LogP contribution is -2.38. The fraction of sp³-hybridized carbons (Fsp3) is 0.350. The minimum absolute atomic E-state index is 0.0731. The van der Waals surface area contributed by atoms with E-state index in [1.54, 1.807) is 18.9 Å². The molecule has 0 aliphatic rings. The van der Waals surface area contributed by atoms with Gasteiger partial charge in [-0.05, 0) is 42.2 Å². The van der Waals surface area contributed by atoms with Gasteiger partial charge in [-0.15, -0.1) is 0 Å². The summed E-state index contributed by atoms with van der Waals surface area (Å²) in [6.07, 6.45) is -0.541. The number of anilines is 1. The summed E-state index contributed by atoms with van der Waals surface area (Å²) < 4.78 is 5.80. The van der Waals surface area contributed by atoms with Crippen molar-refractivity contribution in [2.45, 2.75) is 39.2 Å². The van der Waals surface area contributed by atoms with Gasteiger partial charge in [-0.1, -0.05) is 51.1 Å². The zero-order valence-electron chi connectivity index (χ0n) is 14.5. The summed E-state index contributed by atoms with van der Waals surface area (Å²) in [5, 5.41) is 0. The molecule has 0 aromatic heterocycles. The van der Waals surface area contributed by atoms with Crippen molar-refractivity contribution in [3.8, 4) is 5.75 Å². The molecule has 0 spiro atoms. The van der Waals surface area contributed by atoms with Gasteiger partial charge in [-0.25, -0.2) is 0 Å². The molecule has 0 N–H and O–H groups in total. The molecule has 23 heavy (non-hydrogen) atoms. The van der Waals surface area contributed by atoms with E-state index in [0.717, 1.165) is 5.69 Å². The van der Waals surface area contributed by atoms with Crippen molar-refractivity contribution in [3.63, 3.8) is 0 Å². The van der Waals surface area contributed by atoms with E-state index < -0.39 is 6.10 Å². The van der Waals surface area contributed by atoms with Crippen molar-refractivity contribution in [2.24, 2.45) is 0 Å². The standard InChI is InChI=1S/C20H25NO2/c1-15(19(22)21(5)17-9-7-6-8-10-17)23-18-13-11-16(12-14-18)20(2,3)4/h6-15H,1-5H3/t15-/m0/s1. The smallest absolute Gasteiger partial charge is 0.267 e. The molecular formula is C20H25NO2. The highest BCUT2D eigenvalue weighted by atomic mass is 16.5. The van der Waals surface area contributed by atoms with Crippen molar-refractivity contribution >= 4 is 11.6 Å². The first kappa shape index (κ1) is 17.1. The monoisotopic (exact) mass is 311 g/mol. The van der Waals surface area contributed by atoms with E-state index in [9.17, 15) is 4.79 Å². The molecule has 122 valence electrons. The van der Waals surface area contributed by atoms with E-state index in [1.165, 1.54) is 5.56 Å². The number of likely N-dealkylation sites (N-methyl/N-ethyl adjacent to an activating group) is 1. The molecule has 0 aliphatic heterocycles. The lowest BCUT2D eigenvalue weighted by molar-refractivity contribution is -0.124. The maximum absolute atomic E-state index is 12.5. The molecule has 0 unspecified atom stereocenters. The normalized spacial score (nSPS) is 12.6. The summed E-state index contributed by atoms with van der Waals surface area (Å²) in [6, 6.07) is 17.5. The first-order chi connectivity index (χ1) is 10.8. The summed E-state index contributed by atoms with van der Waals surface area (Å²) in [4.78, 5) is 14.1. The minimum atomic E-state index is -0.541. The maximum Gasteiger partial charge on any atom is 0.267 e. The maximum atomic E-state index is 12.5. The topological polar surface area (TPSA) is 29.5 Å². The van der Waals surface area contributed by atoms with Crippen LogP contribution in [0.4, 0.5) is 5.69 Å². The quantitative estimate of drug-likeness (QED) is 0.837. The molecule has 0 saturated heterocycles. The zero-order valence-corrected chi connectivity index (χ0v) is 14.5. The predicted octanol–water partition coefficient (Wildman–Crippen LogP) is 4.41. The molecule has 0 bridgehead atoms. The lowest BCUT2D eigenvalue weighted by atomic mass is 9.87. The van der Waals surface area contributed by atoms with Crippen LogP contribution in [0.5, 0.6) is 5.75 Å². The van der Waals surface area contributed by atoms with Gasteiger partial charge in [0.05, 0.1) is 0 Å². The second-order valence-corrected chi connectivity index (χ2v) is 6.77.